The van der Waals surface area contributed by atoms with Gasteiger partial charge in [-0.15, -0.1) is 0 Å². The third kappa shape index (κ3) is 4.17. The van der Waals surface area contributed by atoms with Crippen LogP contribution in [0.15, 0.2) is 36.5 Å². The Labute approximate surface area is 156 Å². The van der Waals surface area contributed by atoms with Crippen LogP contribution in [0.2, 0.25) is 0 Å². The van der Waals surface area contributed by atoms with Crippen LogP contribution in [-0.2, 0) is 6.54 Å². The number of nitrogens with zero attached hydrogens (tertiary/aromatic N) is 2. The van der Waals surface area contributed by atoms with Crippen LogP contribution in [0.4, 0.5) is 0 Å². The molecule has 2 aromatic rings. The summed E-state index contributed by atoms with van der Waals surface area (Å²) in [5, 5.41) is 3.69. The summed E-state index contributed by atoms with van der Waals surface area (Å²) in [6.07, 6.45) is 1.88. The number of benzene rings is 1. The van der Waals surface area contributed by atoms with E-state index in [2.05, 4.69) is 53.3 Å². The number of rotatable bonds is 6. The van der Waals surface area contributed by atoms with Gasteiger partial charge in [0.15, 0.2) is 5.75 Å². The Morgan fingerprint density at radius 3 is 2.77 bits per heavy atom. The van der Waals surface area contributed by atoms with Crippen LogP contribution in [-0.4, -0.2) is 43.7 Å². The maximum absolute atomic E-state index is 5.38. The highest BCUT2D eigenvalue weighted by molar-refractivity contribution is 5.36. The van der Waals surface area contributed by atoms with Crippen molar-refractivity contribution < 1.29 is 9.47 Å². The highest BCUT2D eigenvalue weighted by Crippen LogP contribution is 2.28. The molecule has 1 aliphatic heterocycles. The van der Waals surface area contributed by atoms with Gasteiger partial charge in [-0.05, 0) is 28.7 Å². The molecule has 0 bridgehead atoms. The smallest absolute Gasteiger partial charge is 0.256 e. The molecule has 5 nitrogen and oxygen atoms in total. The zero-order chi connectivity index (χ0) is 18.5. The van der Waals surface area contributed by atoms with E-state index in [1.54, 1.807) is 14.2 Å². The van der Waals surface area contributed by atoms with Gasteiger partial charge in [-0.2, -0.15) is 0 Å². The minimum absolute atomic E-state index is 0.357. The van der Waals surface area contributed by atoms with E-state index in [0.717, 1.165) is 31.7 Å². The van der Waals surface area contributed by atoms with Gasteiger partial charge in [0.25, 0.3) is 5.88 Å². The van der Waals surface area contributed by atoms with Crippen LogP contribution in [0, 0.1) is 0 Å². The van der Waals surface area contributed by atoms with Crippen LogP contribution < -0.4 is 14.8 Å². The Kier molecular flexibility index (Phi) is 6.12. The monoisotopic (exact) mass is 355 g/mol. The average Bonchev–Trinajstić information content (AvgIpc) is 2.68. The summed E-state index contributed by atoms with van der Waals surface area (Å²) in [5.41, 5.74) is 3.98. The normalized spacial score (nSPS) is 18.1. The van der Waals surface area contributed by atoms with Crippen molar-refractivity contribution in [2.45, 2.75) is 32.4 Å². The van der Waals surface area contributed by atoms with E-state index < -0.39 is 0 Å². The third-order valence-electron chi connectivity index (χ3n) is 4.95. The quantitative estimate of drug-likeness (QED) is 0.861. The van der Waals surface area contributed by atoms with Gasteiger partial charge in [-0.1, -0.05) is 38.1 Å². The van der Waals surface area contributed by atoms with Crippen LogP contribution >= 0.6 is 0 Å². The summed E-state index contributed by atoms with van der Waals surface area (Å²) < 4.78 is 10.6. The standard InChI is InChI=1S/C21H29N3O2/c1-15(2)17-7-5-6-8-18(17)19-14-24(10-9-22-19)13-16-11-20(25-3)21(26-4)23-12-16/h5-8,11-12,15,19,22H,9-10,13-14H2,1-4H3/t19-/m0/s1. The molecule has 0 amide bonds. The minimum atomic E-state index is 0.357. The number of hydrogen-bond donors (Lipinski definition) is 1. The van der Waals surface area contributed by atoms with Crippen LogP contribution in [0.1, 0.15) is 42.5 Å². The second-order valence-electron chi connectivity index (χ2n) is 7.08. The molecule has 1 fully saturated rings. The SMILES string of the molecule is COc1cc(CN2CCN[C@H](c3ccccc3C(C)C)C2)cnc1OC. The lowest BCUT2D eigenvalue weighted by Gasteiger charge is -2.35. The molecular weight excluding hydrogens is 326 g/mol. The molecular formula is C21H29N3O2. The fraction of sp³-hybridized carbons (Fsp3) is 0.476. The molecule has 26 heavy (non-hydrogen) atoms. The highest BCUT2D eigenvalue weighted by Gasteiger charge is 2.23. The number of hydrogen-bond acceptors (Lipinski definition) is 5. The van der Waals surface area contributed by atoms with Crippen molar-refractivity contribution in [3.8, 4) is 11.6 Å². The lowest BCUT2D eigenvalue weighted by Crippen LogP contribution is -2.45. The summed E-state index contributed by atoms with van der Waals surface area (Å²) >= 11 is 0. The Balaban J connectivity index is 1.73. The predicted octanol–water partition coefficient (Wildman–Crippen LogP) is 3.37. The van der Waals surface area contributed by atoms with Crippen molar-refractivity contribution >= 4 is 0 Å². The topological polar surface area (TPSA) is 46.6 Å². The van der Waals surface area contributed by atoms with Gasteiger partial charge in [0, 0.05) is 38.4 Å². The van der Waals surface area contributed by atoms with Gasteiger partial charge in [0.1, 0.15) is 0 Å². The highest BCUT2D eigenvalue weighted by atomic mass is 16.5. The molecule has 1 saturated heterocycles. The van der Waals surface area contributed by atoms with Crippen molar-refractivity contribution in [1.29, 1.82) is 0 Å². The summed E-state index contributed by atoms with van der Waals surface area (Å²) in [5.74, 6) is 1.74. The Bertz CT molecular complexity index is 733. The number of methoxy groups -OCH3 is 2. The maximum atomic E-state index is 5.38. The van der Waals surface area contributed by atoms with Gasteiger partial charge in [-0.3, -0.25) is 4.90 Å². The summed E-state index contributed by atoms with van der Waals surface area (Å²) in [6.45, 7) is 8.36. The second kappa shape index (κ2) is 8.52. The molecule has 0 spiro atoms. The molecule has 140 valence electrons. The number of ether oxygens (including phenoxy) is 2. The number of nitrogens with one attached hydrogen (secondary N) is 1. The number of piperazine rings is 1. The average molecular weight is 355 g/mol. The largest absolute Gasteiger partial charge is 0.491 e. The molecule has 1 aromatic heterocycles. The second-order valence-corrected chi connectivity index (χ2v) is 7.08. The van der Waals surface area contributed by atoms with E-state index in [1.165, 1.54) is 11.1 Å². The molecule has 1 aliphatic rings. The molecule has 0 saturated carbocycles. The first-order chi connectivity index (χ1) is 12.6. The van der Waals surface area contributed by atoms with E-state index in [-0.39, 0.29) is 0 Å². The van der Waals surface area contributed by atoms with Gasteiger partial charge in [0.05, 0.1) is 14.2 Å². The lowest BCUT2D eigenvalue weighted by atomic mass is 9.92. The molecule has 0 aliphatic carbocycles. The molecule has 1 N–H and O–H groups in total. The summed E-state index contributed by atoms with van der Waals surface area (Å²) in [7, 11) is 3.25. The fourth-order valence-corrected chi connectivity index (χ4v) is 3.63. The third-order valence-corrected chi connectivity index (χ3v) is 4.95. The fourth-order valence-electron chi connectivity index (χ4n) is 3.63. The van der Waals surface area contributed by atoms with Crippen molar-refractivity contribution in [2.24, 2.45) is 0 Å². The van der Waals surface area contributed by atoms with Crippen molar-refractivity contribution in [3.05, 3.63) is 53.2 Å². The van der Waals surface area contributed by atoms with Crippen LogP contribution in [0.3, 0.4) is 0 Å². The van der Waals surface area contributed by atoms with E-state index in [1.807, 2.05) is 12.3 Å². The van der Waals surface area contributed by atoms with Gasteiger partial charge in [-0.25, -0.2) is 4.98 Å². The first kappa shape index (κ1) is 18.7. The van der Waals surface area contributed by atoms with Gasteiger partial charge >= 0.3 is 0 Å². The molecule has 0 unspecified atom stereocenters. The van der Waals surface area contributed by atoms with Crippen molar-refractivity contribution in [3.63, 3.8) is 0 Å². The van der Waals surface area contributed by atoms with E-state index in [0.29, 0.717) is 23.6 Å². The number of pyridine rings is 1. The zero-order valence-corrected chi connectivity index (χ0v) is 16.2. The van der Waals surface area contributed by atoms with Crippen LogP contribution in [0.5, 0.6) is 11.6 Å². The number of aromatic nitrogens is 1. The Hall–Kier alpha value is -2.11. The Morgan fingerprint density at radius 2 is 2.04 bits per heavy atom. The first-order valence-electron chi connectivity index (χ1n) is 9.23. The first-order valence-corrected chi connectivity index (χ1v) is 9.23. The summed E-state index contributed by atoms with van der Waals surface area (Å²) in [4.78, 5) is 6.83. The minimum Gasteiger partial charge on any atom is -0.491 e. The van der Waals surface area contributed by atoms with E-state index >= 15 is 0 Å². The predicted molar refractivity (Wildman–Crippen MR) is 104 cm³/mol. The molecule has 5 heteroatoms. The van der Waals surface area contributed by atoms with Gasteiger partial charge in [0.2, 0.25) is 0 Å². The molecule has 1 aromatic carbocycles. The molecule has 2 heterocycles. The summed E-state index contributed by atoms with van der Waals surface area (Å²) in [6, 6.07) is 11.2. The Morgan fingerprint density at radius 1 is 1.23 bits per heavy atom. The molecule has 1 atom stereocenters. The zero-order valence-electron chi connectivity index (χ0n) is 16.2. The maximum Gasteiger partial charge on any atom is 0.256 e. The lowest BCUT2D eigenvalue weighted by molar-refractivity contribution is 0.192. The van der Waals surface area contributed by atoms with E-state index in [4.69, 9.17) is 9.47 Å². The van der Waals surface area contributed by atoms with E-state index in [9.17, 15) is 0 Å². The van der Waals surface area contributed by atoms with Crippen molar-refractivity contribution in [1.82, 2.24) is 15.2 Å². The van der Waals surface area contributed by atoms with Crippen LogP contribution in [0.25, 0.3) is 0 Å². The molecule has 0 radical (unpaired) electrons. The van der Waals surface area contributed by atoms with Gasteiger partial charge < -0.3 is 14.8 Å². The van der Waals surface area contributed by atoms with Crippen molar-refractivity contribution in [2.75, 3.05) is 33.9 Å². The molecule has 3 rings (SSSR count).